The number of anilines is 1. The molecule has 142 valence electrons. The molecule has 6 nitrogen and oxygen atoms in total. The number of carbonyl (C=O) groups excluding carboxylic acids is 2. The molecule has 0 radical (unpaired) electrons. The van der Waals surface area contributed by atoms with Crippen LogP contribution in [0.4, 0.5) is 5.69 Å². The molecular weight excluding hydrogens is 368 g/mol. The summed E-state index contributed by atoms with van der Waals surface area (Å²) in [6.45, 7) is 1.36. The Morgan fingerprint density at radius 3 is 2.44 bits per heavy atom. The predicted octanol–water partition coefficient (Wildman–Crippen LogP) is 3.73. The van der Waals surface area contributed by atoms with E-state index in [2.05, 4.69) is 5.32 Å². The van der Waals surface area contributed by atoms with Gasteiger partial charge in [-0.1, -0.05) is 23.7 Å². The first-order valence-electron chi connectivity index (χ1n) is 8.61. The zero-order valence-electron chi connectivity index (χ0n) is 15.3. The Bertz CT molecular complexity index is 852. The van der Waals surface area contributed by atoms with Gasteiger partial charge in [0.2, 0.25) is 5.91 Å². The molecule has 3 rings (SSSR count). The number of likely N-dealkylation sites (tertiary alicyclic amines) is 1. The second-order valence-electron chi connectivity index (χ2n) is 6.26. The van der Waals surface area contributed by atoms with Crippen molar-refractivity contribution < 1.29 is 19.1 Å². The molecule has 2 aromatic rings. The van der Waals surface area contributed by atoms with E-state index in [0.717, 1.165) is 18.5 Å². The molecule has 1 aliphatic heterocycles. The molecule has 27 heavy (non-hydrogen) atoms. The van der Waals surface area contributed by atoms with Crippen molar-refractivity contribution >= 4 is 29.1 Å². The highest BCUT2D eigenvalue weighted by molar-refractivity contribution is 6.32. The molecular formula is C20H21ClN2O4. The smallest absolute Gasteiger partial charge is 0.255 e. The van der Waals surface area contributed by atoms with E-state index >= 15 is 0 Å². The molecule has 0 aliphatic carbocycles. The number of nitrogens with zero attached hydrogens (tertiary/aromatic N) is 1. The van der Waals surface area contributed by atoms with Gasteiger partial charge >= 0.3 is 0 Å². The lowest BCUT2D eigenvalue weighted by Gasteiger charge is -2.16. The molecule has 7 heteroatoms. The highest BCUT2D eigenvalue weighted by atomic mass is 35.5. The van der Waals surface area contributed by atoms with E-state index in [1.807, 2.05) is 17.0 Å². The minimum Gasteiger partial charge on any atom is -0.495 e. The van der Waals surface area contributed by atoms with E-state index in [1.54, 1.807) is 24.3 Å². The average Bonchev–Trinajstić information content (AvgIpc) is 3.07. The van der Waals surface area contributed by atoms with E-state index < -0.39 is 0 Å². The lowest BCUT2D eigenvalue weighted by atomic mass is 10.1. The van der Waals surface area contributed by atoms with Crippen molar-refractivity contribution in [3.63, 3.8) is 0 Å². The molecule has 1 aliphatic rings. The molecule has 0 unspecified atom stereocenters. The highest BCUT2D eigenvalue weighted by Crippen LogP contribution is 2.36. The second kappa shape index (κ2) is 8.31. The quantitative estimate of drug-likeness (QED) is 0.818. The summed E-state index contributed by atoms with van der Waals surface area (Å²) in [5, 5.41) is 3.21. The first kappa shape index (κ1) is 19.0. The molecule has 1 fully saturated rings. The van der Waals surface area contributed by atoms with Crippen molar-refractivity contribution in [2.45, 2.75) is 19.4 Å². The maximum Gasteiger partial charge on any atom is 0.255 e. The molecule has 2 amide bonds. The number of rotatable bonds is 6. The van der Waals surface area contributed by atoms with Crippen LogP contribution in [0.25, 0.3) is 0 Å². The van der Waals surface area contributed by atoms with Crippen LogP contribution in [0.5, 0.6) is 11.5 Å². The number of halogens is 1. The number of methoxy groups -OCH3 is 2. The van der Waals surface area contributed by atoms with Crippen molar-refractivity contribution in [2.75, 3.05) is 26.1 Å². The maximum atomic E-state index is 12.6. The summed E-state index contributed by atoms with van der Waals surface area (Å²) in [6, 6.07) is 10.4. The Kier molecular flexibility index (Phi) is 5.86. The van der Waals surface area contributed by atoms with Crippen LogP contribution in [0, 0.1) is 0 Å². The van der Waals surface area contributed by atoms with E-state index in [-0.39, 0.29) is 11.8 Å². The Labute approximate surface area is 163 Å². The Balaban J connectivity index is 1.72. The minimum absolute atomic E-state index is 0.181. The van der Waals surface area contributed by atoms with E-state index in [1.165, 1.54) is 14.2 Å². The SMILES string of the molecule is COc1cc(NC(=O)c2ccc(CN3CCCC3=O)cc2)c(OC)cc1Cl. The van der Waals surface area contributed by atoms with Crippen molar-refractivity contribution in [3.05, 3.63) is 52.5 Å². The molecule has 0 atom stereocenters. The van der Waals surface area contributed by atoms with Crippen molar-refractivity contribution in [3.8, 4) is 11.5 Å². The summed E-state index contributed by atoms with van der Waals surface area (Å²) in [7, 11) is 3.01. The van der Waals surface area contributed by atoms with Gasteiger partial charge < -0.3 is 19.7 Å². The normalized spacial score (nSPS) is 13.6. The van der Waals surface area contributed by atoms with Crippen molar-refractivity contribution in [1.29, 1.82) is 0 Å². The molecule has 0 spiro atoms. The van der Waals surface area contributed by atoms with Gasteiger partial charge in [-0.3, -0.25) is 9.59 Å². The second-order valence-corrected chi connectivity index (χ2v) is 6.66. The maximum absolute atomic E-state index is 12.6. The summed E-state index contributed by atoms with van der Waals surface area (Å²) in [5.41, 5.74) is 1.96. The molecule has 2 aromatic carbocycles. The Hall–Kier alpha value is -2.73. The zero-order valence-corrected chi connectivity index (χ0v) is 16.0. The van der Waals surface area contributed by atoms with Gasteiger partial charge in [-0.2, -0.15) is 0 Å². The van der Waals surface area contributed by atoms with Gasteiger partial charge in [-0.25, -0.2) is 0 Å². The lowest BCUT2D eigenvalue weighted by Crippen LogP contribution is -2.23. The first-order chi connectivity index (χ1) is 13.0. The minimum atomic E-state index is -0.276. The van der Waals surface area contributed by atoms with Gasteiger partial charge in [0.25, 0.3) is 5.91 Å². The molecule has 0 bridgehead atoms. The highest BCUT2D eigenvalue weighted by Gasteiger charge is 2.20. The fourth-order valence-electron chi connectivity index (χ4n) is 3.01. The molecule has 0 saturated carbocycles. The summed E-state index contributed by atoms with van der Waals surface area (Å²) in [5.74, 6) is 0.791. The fourth-order valence-corrected chi connectivity index (χ4v) is 3.24. The number of ether oxygens (including phenoxy) is 2. The van der Waals surface area contributed by atoms with Crippen LogP contribution >= 0.6 is 11.6 Å². The van der Waals surface area contributed by atoms with Gasteiger partial charge in [0.05, 0.1) is 24.9 Å². The van der Waals surface area contributed by atoms with Crippen molar-refractivity contribution in [1.82, 2.24) is 4.90 Å². The zero-order chi connectivity index (χ0) is 19.4. The molecule has 1 heterocycles. The first-order valence-corrected chi connectivity index (χ1v) is 8.99. The van der Waals surface area contributed by atoms with E-state index in [4.69, 9.17) is 21.1 Å². The molecule has 1 saturated heterocycles. The number of benzene rings is 2. The summed E-state index contributed by atoms with van der Waals surface area (Å²) in [4.78, 5) is 26.1. The monoisotopic (exact) mass is 388 g/mol. The van der Waals surface area contributed by atoms with Gasteiger partial charge in [0.15, 0.2) is 0 Å². The van der Waals surface area contributed by atoms with E-state index in [0.29, 0.717) is 40.7 Å². The third kappa shape index (κ3) is 4.34. The standard InChI is InChI=1S/C20H21ClN2O4/c1-26-17-11-16(18(27-2)10-15(17)21)22-20(25)14-7-5-13(6-8-14)12-23-9-3-4-19(23)24/h5-8,10-11H,3-4,9,12H2,1-2H3,(H,22,25). The van der Waals surface area contributed by atoms with Crippen LogP contribution in [0.2, 0.25) is 5.02 Å². The summed E-state index contributed by atoms with van der Waals surface area (Å²) in [6.07, 6.45) is 1.53. The van der Waals surface area contributed by atoms with Crippen LogP contribution < -0.4 is 14.8 Å². The number of carbonyl (C=O) groups is 2. The Morgan fingerprint density at radius 1 is 1.15 bits per heavy atom. The molecule has 1 N–H and O–H groups in total. The van der Waals surface area contributed by atoms with Gasteiger partial charge in [-0.15, -0.1) is 0 Å². The number of nitrogens with one attached hydrogen (secondary N) is 1. The van der Waals surface area contributed by atoms with Crippen LogP contribution in [-0.2, 0) is 11.3 Å². The van der Waals surface area contributed by atoms with E-state index in [9.17, 15) is 9.59 Å². The molecule has 0 aromatic heterocycles. The summed E-state index contributed by atoms with van der Waals surface area (Å²) >= 11 is 6.09. The van der Waals surface area contributed by atoms with Crippen LogP contribution in [0.15, 0.2) is 36.4 Å². The van der Waals surface area contributed by atoms with Crippen LogP contribution in [0.3, 0.4) is 0 Å². The van der Waals surface area contributed by atoms with Crippen LogP contribution in [-0.4, -0.2) is 37.5 Å². The summed E-state index contributed by atoms with van der Waals surface area (Å²) < 4.78 is 10.5. The van der Waals surface area contributed by atoms with Crippen LogP contribution in [0.1, 0.15) is 28.8 Å². The van der Waals surface area contributed by atoms with Gasteiger partial charge in [0.1, 0.15) is 11.5 Å². The third-order valence-electron chi connectivity index (χ3n) is 4.48. The lowest BCUT2D eigenvalue weighted by molar-refractivity contribution is -0.128. The number of hydrogen-bond acceptors (Lipinski definition) is 4. The topological polar surface area (TPSA) is 67.9 Å². The number of amides is 2. The third-order valence-corrected chi connectivity index (χ3v) is 4.78. The van der Waals surface area contributed by atoms with Gasteiger partial charge in [0, 0.05) is 37.2 Å². The average molecular weight is 389 g/mol. The number of hydrogen-bond donors (Lipinski definition) is 1. The fraction of sp³-hybridized carbons (Fsp3) is 0.300. The predicted molar refractivity (Wildman–Crippen MR) is 104 cm³/mol. The Morgan fingerprint density at radius 2 is 1.85 bits per heavy atom. The largest absolute Gasteiger partial charge is 0.495 e. The van der Waals surface area contributed by atoms with Crippen molar-refractivity contribution in [2.24, 2.45) is 0 Å². The van der Waals surface area contributed by atoms with Gasteiger partial charge in [-0.05, 0) is 24.1 Å².